The minimum Gasteiger partial charge on any atom is -0.379 e. The van der Waals surface area contributed by atoms with Crippen molar-refractivity contribution in [2.45, 2.75) is 13.0 Å². The zero-order valence-electron chi connectivity index (χ0n) is 15.1. The van der Waals surface area contributed by atoms with Gasteiger partial charge in [-0.2, -0.15) is 0 Å². The molecule has 27 heavy (non-hydrogen) atoms. The maximum absolute atomic E-state index is 12.3. The van der Waals surface area contributed by atoms with Crippen LogP contribution in [-0.2, 0) is 17.7 Å². The molecule has 1 aromatic carbocycles. The van der Waals surface area contributed by atoms with Crippen LogP contribution in [0.5, 0.6) is 0 Å². The third-order valence-electron chi connectivity index (χ3n) is 4.57. The largest absolute Gasteiger partial charge is 0.379 e. The van der Waals surface area contributed by atoms with E-state index in [1.165, 1.54) is 0 Å². The summed E-state index contributed by atoms with van der Waals surface area (Å²) in [5.74, 6) is 0. The third-order valence-corrected chi connectivity index (χ3v) is 5.34. The second-order valence-electron chi connectivity index (χ2n) is 6.50. The highest BCUT2D eigenvalue weighted by atomic mass is 32.1. The zero-order valence-corrected chi connectivity index (χ0v) is 15.9. The second-order valence-corrected chi connectivity index (χ2v) is 7.37. The van der Waals surface area contributed by atoms with Gasteiger partial charge in [-0.15, -0.1) is 11.3 Å². The number of morpholine rings is 1. The minimum atomic E-state index is -0.189. The summed E-state index contributed by atoms with van der Waals surface area (Å²) in [7, 11) is 0. The van der Waals surface area contributed by atoms with Crippen molar-refractivity contribution in [3.63, 3.8) is 0 Å². The lowest BCUT2D eigenvalue weighted by molar-refractivity contribution is 0.0343. The fourth-order valence-electron chi connectivity index (χ4n) is 3.15. The standard InChI is InChI=1S/C19H23N5O2S/c25-18(20-6-5-16-14-24-9-12-27-19(24)21-16)22-17-4-2-1-3-15(17)13-23-7-10-26-11-8-23/h1-4,9,12,14H,5-8,10-11,13H2,(H2,20,22,25). The first-order valence-corrected chi connectivity index (χ1v) is 10.00. The van der Waals surface area contributed by atoms with Gasteiger partial charge in [0, 0.05) is 56.1 Å². The Hall–Kier alpha value is -2.42. The van der Waals surface area contributed by atoms with E-state index in [9.17, 15) is 4.79 Å². The number of urea groups is 1. The summed E-state index contributed by atoms with van der Waals surface area (Å²) < 4.78 is 7.40. The van der Waals surface area contributed by atoms with Crippen molar-refractivity contribution in [3.8, 4) is 0 Å². The van der Waals surface area contributed by atoms with Gasteiger partial charge in [0.05, 0.1) is 18.9 Å². The van der Waals surface area contributed by atoms with Crippen LogP contribution in [0.1, 0.15) is 11.3 Å². The lowest BCUT2D eigenvalue weighted by Crippen LogP contribution is -2.36. The molecule has 2 amide bonds. The van der Waals surface area contributed by atoms with Crippen molar-refractivity contribution in [1.29, 1.82) is 0 Å². The van der Waals surface area contributed by atoms with E-state index >= 15 is 0 Å². The molecule has 0 radical (unpaired) electrons. The van der Waals surface area contributed by atoms with Crippen LogP contribution in [0.3, 0.4) is 0 Å². The molecule has 0 spiro atoms. The smallest absolute Gasteiger partial charge is 0.319 e. The van der Waals surface area contributed by atoms with E-state index in [1.54, 1.807) is 11.3 Å². The van der Waals surface area contributed by atoms with Crippen LogP contribution in [0.25, 0.3) is 4.96 Å². The van der Waals surface area contributed by atoms with Gasteiger partial charge in [0.2, 0.25) is 0 Å². The molecule has 0 aliphatic carbocycles. The van der Waals surface area contributed by atoms with Crippen molar-refractivity contribution in [2.75, 3.05) is 38.2 Å². The van der Waals surface area contributed by atoms with Crippen LogP contribution >= 0.6 is 11.3 Å². The molecule has 1 fully saturated rings. The number of thiazole rings is 1. The number of ether oxygens (including phenoxy) is 1. The fraction of sp³-hybridized carbons (Fsp3) is 0.368. The number of anilines is 1. The van der Waals surface area contributed by atoms with Crippen LogP contribution in [-0.4, -0.2) is 53.2 Å². The van der Waals surface area contributed by atoms with Crippen molar-refractivity contribution < 1.29 is 9.53 Å². The average molecular weight is 385 g/mol. The Bertz CT molecular complexity index is 872. The summed E-state index contributed by atoms with van der Waals surface area (Å²) >= 11 is 1.61. The quantitative estimate of drug-likeness (QED) is 0.684. The van der Waals surface area contributed by atoms with E-state index in [4.69, 9.17) is 4.74 Å². The van der Waals surface area contributed by atoms with E-state index in [2.05, 4.69) is 26.6 Å². The third kappa shape index (κ3) is 4.65. The number of carbonyl (C=O) groups excluding carboxylic acids is 1. The Balaban J connectivity index is 1.29. The number of imidazole rings is 1. The van der Waals surface area contributed by atoms with Crippen molar-refractivity contribution in [2.24, 2.45) is 0 Å². The fourth-order valence-corrected chi connectivity index (χ4v) is 3.87. The summed E-state index contributed by atoms with van der Waals surface area (Å²) in [6.07, 6.45) is 4.70. The molecule has 1 aliphatic heterocycles. The number of hydrogen-bond acceptors (Lipinski definition) is 5. The maximum Gasteiger partial charge on any atom is 0.319 e. The van der Waals surface area contributed by atoms with Crippen molar-refractivity contribution >= 4 is 28.0 Å². The molecule has 0 saturated carbocycles. The van der Waals surface area contributed by atoms with Gasteiger partial charge in [0.15, 0.2) is 4.96 Å². The molecule has 2 N–H and O–H groups in total. The van der Waals surface area contributed by atoms with Gasteiger partial charge in [0.1, 0.15) is 0 Å². The number of fused-ring (bicyclic) bond motifs is 1. The van der Waals surface area contributed by atoms with Gasteiger partial charge >= 0.3 is 6.03 Å². The first-order valence-electron chi connectivity index (χ1n) is 9.12. The number of hydrogen-bond donors (Lipinski definition) is 2. The van der Waals surface area contributed by atoms with E-state index in [0.29, 0.717) is 13.0 Å². The maximum atomic E-state index is 12.3. The molecule has 0 unspecified atom stereocenters. The average Bonchev–Trinajstić information content (AvgIpc) is 3.26. The predicted octanol–water partition coefficient (Wildman–Crippen LogP) is 2.59. The SMILES string of the molecule is O=C(NCCc1cn2ccsc2n1)Nc1ccccc1CN1CCOCC1. The van der Waals surface area contributed by atoms with E-state index in [-0.39, 0.29) is 6.03 Å². The Morgan fingerprint density at radius 2 is 2.11 bits per heavy atom. The van der Waals surface area contributed by atoms with Gasteiger partial charge < -0.3 is 15.4 Å². The Kier molecular flexibility index (Phi) is 5.66. The molecule has 3 heterocycles. The molecule has 142 valence electrons. The van der Waals surface area contributed by atoms with Gasteiger partial charge in [0.25, 0.3) is 0 Å². The highest BCUT2D eigenvalue weighted by Gasteiger charge is 2.13. The highest BCUT2D eigenvalue weighted by molar-refractivity contribution is 7.15. The van der Waals surface area contributed by atoms with E-state index in [1.807, 2.05) is 40.4 Å². The molecule has 2 aromatic heterocycles. The molecular formula is C19H23N5O2S. The number of rotatable bonds is 6. The molecule has 1 aliphatic rings. The van der Waals surface area contributed by atoms with E-state index in [0.717, 1.165) is 54.8 Å². The normalized spacial score (nSPS) is 15.1. The number of nitrogens with one attached hydrogen (secondary N) is 2. The number of para-hydroxylation sites is 1. The second kappa shape index (κ2) is 8.51. The number of aromatic nitrogens is 2. The van der Waals surface area contributed by atoms with Crippen LogP contribution in [0.2, 0.25) is 0 Å². The van der Waals surface area contributed by atoms with Crippen molar-refractivity contribution in [3.05, 3.63) is 53.3 Å². The number of carbonyl (C=O) groups is 1. The molecule has 7 nitrogen and oxygen atoms in total. The number of nitrogens with zero attached hydrogens (tertiary/aromatic N) is 3. The lowest BCUT2D eigenvalue weighted by Gasteiger charge is -2.27. The molecule has 0 bridgehead atoms. The number of benzene rings is 1. The summed E-state index contributed by atoms with van der Waals surface area (Å²) in [6, 6.07) is 7.76. The molecule has 0 atom stereocenters. The Morgan fingerprint density at radius 3 is 2.96 bits per heavy atom. The van der Waals surface area contributed by atoms with Crippen LogP contribution in [0, 0.1) is 0 Å². The van der Waals surface area contributed by atoms with Crippen LogP contribution < -0.4 is 10.6 Å². The van der Waals surface area contributed by atoms with Gasteiger partial charge in [-0.05, 0) is 11.6 Å². The molecule has 3 aromatic rings. The van der Waals surface area contributed by atoms with Gasteiger partial charge in [-0.25, -0.2) is 9.78 Å². The predicted molar refractivity (Wildman–Crippen MR) is 106 cm³/mol. The summed E-state index contributed by atoms with van der Waals surface area (Å²) in [4.78, 5) is 20.1. The summed E-state index contributed by atoms with van der Waals surface area (Å²) in [5, 5.41) is 7.90. The number of amides is 2. The molecule has 1 saturated heterocycles. The first-order chi connectivity index (χ1) is 13.3. The molecule has 8 heteroatoms. The molecule has 4 rings (SSSR count). The van der Waals surface area contributed by atoms with E-state index < -0.39 is 0 Å². The lowest BCUT2D eigenvalue weighted by atomic mass is 10.1. The minimum absolute atomic E-state index is 0.189. The monoisotopic (exact) mass is 385 g/mol. The Labute approximate surface area is 162 Å². The summed E-state index contributed by atoms with van der Waals surface area (Å²) in [6.45, 7) is 4.72. The van der Waals surface area contributed by atoms with Gasteiger partial charge in [-0.3, -0.25) is 9.30 Å². The van der Waals surface area contributed by atoms with Gasteiger partial charge in [-0.1, -0.05) is 18.2 Å². The van der Waals surface area contributed by atoms with Crippen molar-refractivity contribution in [1.82, 2.24) is 19.6 Å². The highest BCUT2D eigenvalue weighted by Crippen LogP contribution is 2.18. The summed E-state index contributed by atoms with van der Waals surface area (Å²) in [5.41, 5.74) is 2.95. The molecular weight excluding hydrogens is 362 g/mol. The van der Waals surface area contributed by atoms with Crippen LogP contribution in [0.4, 0.5) is 10.5 Å². The zero-order chi connectivity index (χ0) is 18.5. The van der Waals surface area contributed by atoms with Crippen LogP contribution in [0.15, 0.2) is 42.0 Å². The Morgan fingerprint density at radius 1 is 1.26 bits per heavy atom. The topological polar surface area (TPSA) is 70.9 Å². The first kappa shape index (κ1) is 18.0.